The maximum Gasteiger partial charge on any atom is 0.241 e. The van der Waals surface area contributed by atoms with Crippen LogP contribution >= 0.6 is 12.2 Å². The van der Waals surface area contributed by atoms with Crippen molar-refractivity contribution >= 4 is 29.0 Å². The molecule has 2 amide bonds. The molecular formula is C13H23N3O3S. The number of hydrogen-bond donors (Lipinski definition) is 2. The van der Waals surface area contributed by atoms with Crippen molar-refractivity contribution in [2.45, 2.75) is 26.7 Å². The lowest BCUT2D eigenvalue weighted by atomic mass is 9.79. The van der Waals surface area contributed by atoms with Crippen LogP contribution < -0.4 is 11.1 Å². The van der Waals surface area contributed by atoms with E-state index in [1.807, 2.05) is 13.8 Å². The number of rotatable bonds is 6. The molecular weight excluding hydrogens is 278 g/mol. The highest BCUT2D eigenvalue weighted by atomic mass is 32.1. The number of hydrogen-bond acceptors (Lipinski definition) is 4. The molecule has 0 aromatic rings. The Balaban J connectivity index is 2.64. The van der Waals surface area contributed by atoms with Crippen LogP contribution in [0.25, 0.3) is 0 Å². The molecule has 0 radical (unpaired) electrons. The summed E-state index contributed by atoms with van der Waals surface area (Å²) in [6.45, 7) is 5.94. The molecule has 3 N–H and O–H groups in total. The van der Waals surface area contributed by atoms with Gasteiger partial charge in [-0.05, 0) is 26.7 Å². The number of nitrogens with one attached hydrogen (secondary N) is 1. The first kappa shape index (κ1) is 16.8. The van der Waals surface area contributed by atoms with Crippen molar-refractivity contribution in [1.29, 1.82) is 0 Å². The molecule has 0 aromatic carbocycles. The molecule has 0 saturated carbocycles. The van der Waals surface area contributed by atoms with Crippen LogP contribution in [0, 0.1) is 5.41 Å². The average Bonchev–Trinajstić information content (AvgIpc) is 2.46. The second kappa shape index (κ2) is 7.54. The number of carbonyl (C=O) groups is 2. The molecule has 0 atom stereocenters. The number of amides is 2. The molecule has 20 heavy (non-hydrogen) atoms. The largest absolute Gasteiger partial charge is 0.392 e. The zero-order chi connectivity index (χ0) is 15.2. The van der Waals surface area contributed by atoms with Gasteiger partial charge in [0.1, 0.15) is 5.41 Å². The molecule has 7 heteroatoms. The molecule has 0 aromatic heterocycles. The lowest BCUT2D eigenvalue weighted by Gasteiger charge is -2.34. The fraction of sp³-hybridized carbons (Fsp3) is 0.769. The van der Waals surface area contributed by atoms with E-state index in [0.717, 1.165) is 0 Å². The Hall–Kier alpha value is -1.21. The Bertz CT molecular complexity index is 377. The van der Waals surface area contributed by atoms with Gasteiger partial charge in [0.15, 0.2) is 0 Å². The zero-order valence-corrected chi connectivity index (χ0v) is 12.9. The van der Waals surface area contributed by atoms with E-state index in [2.05, 4.69) is 5.32 Å². The molecule has 0 aliphatic carbocycles. The molecule has 0 bridgehead atoms. The molecule has 0 spiro atoms. The van der Waals surface area contributed by atoms with Crippen LogP contribution in [0.2, 0.25) is 0 Å². The molecule has 1 aliphatic heterocycles. The lowest BCUT2D eigenvalue weighted by molar-refractivity contribution is -0.136. The monoisotopic (exact) mass is 301 g/mol. The third-order valence-electron chi connectivity index (χ3n) is 3.77. The molecule has 1 fully saturated rings. The first-order chi connectivity index (χ1) is 9.47. The van der Waals surface area contributed by atoms with E-state index in [1.165, 1.54) is 0 Å². The number of likely N-dealkylation sites (N-methyl/N-ethyl adjacent to an activating group) is 1. The first-order valence-corrected chi connectivity index (χ1v) is 7.32. The second-order valence-corrected chi connectivity index (χ2v) is 5.25. The molecule has 1 rings (SSSR count). The zero-order valence-electron chi connectivity index (χ0n) is 12.1. The lowest BCUT2D eigenvalue weighted by Crippen LogP contribution is -2.53. The average molecular weight is 301 g/mol. The smallest absolute Gasteiger partial charge is 0.241 e. The number of ether oxygens (including phenoxy) is 1. The fourth-order valence-electron chi connectivity index (χ4n) is 2.32. The van der Waals surface area contributed by atoms with Gasteiger partial charge in [0.2, 0.25) is 11.8 Å². The highest BCUT2D eigenvalue weighted by Gasteiger charge is 2.43. The van der Waals surface area contributed by atoms with Crippen molar-refractivity contribution in [2.75, 3.05) is 32.8 Å². The Morgan fingerprint density at radius 3 is 2.30 bits per heavy atom. The molecule has 0 unspecified atom stereocenters. The highest BCUT2D eigenvalue weighted by Crippen LogP contribution is 2.31. The summed E-state index contributed by atoms with van der Waals surface area (Å²) in [4.78, 5) is 26.1. The van der Waals surface area contributed by atoms with E-state index in [0.29, 0.717) is 39.1 Å². The Labute approximate surface area is 125 Å². The topological polar surface area (TPSA) is 84.7 Å². The van der Waals surface area contributed by atoms with Gasteiger partial charge in [-0.2, -0.15) is 0 Å². The van der Waals surface area contributed by atoms with Gasteiger partial charge in [-0.3, -0.25) is 9.59 Å². The van der Waals surface area contributed by atoms with Gasteiger partial charge in [0, 0.05) is 26.3 Å². The number of carbonyl (C=O) groups excluding carboxylic acids is 2. The van der Waals surface area contributed by atoms with E-state index in [-0.39, 0.29) is 23.3 Å². The molecule has 6 nitrogen and oxygen atoms in total. The van der Waals surface area contributed by atoms with Gasteiger partial charge in [-0.15, -0.1) is 0 Å². The van der Waals surface area contributed by atoms with Gasteiger partial charge in [0.25, 0.3) is 0 Å². The van der Waals surface area contributed by atoms with E-state index >= 15 is 0 Å². The minimum absolute atomic E-state index is 0.0221. The standard InChI is InChI=1S/C13H23N3O3S/c1-3-16(4-2)10(17)9-15-12(18)13(11(14)20)5-7-19-8-6-13/h3-9H2,1-2H3,(H2,14,20)(H,15,18). The minimum Gasteiger partial charge on any atom is -0.392 e. The van der Waals surface area contributed by atoms with Crippen LogP contribution in [0.3, 0.4) is 0 Å². The number of nitrogens with two attached hydrogens (primary N) is 1. The van der Waals surface area contributed by atoms with Crippen LogP contribution in [0.4, 0.5) is 0 Å². The van der Waals surface area contributed by atoms with Crippen molar-refractivity contribution in [3.8, 4) is 0 Å². The summed E-state index contributed by atoms with van der Waals surface area (Å²) in [5.41, 5.74) is 4.86. The summed E-state index contributed by atoms with van der Waals surface area (Å²) >= 11 is 5.05. The van der Waals surface area contributed by atoms with Gasteiger partial charge in [0.05, 0.1) is 11.5 Å². The van der Waals surface area contributed by atoms with Crippen molar-refractivity contribution in [3.05, 3.63) is 0 Å². The van der Waals surface area contributed by atoms with Gasteiger partial charge in [-0.25, -0.2) is 0 Å². The maximum absolute atomic E-state index is 12.4. The molecule has 1 heterocycles. The Morgan fingerprint density at radius 2 is 1.85 bits per heavy atom. The van der Waals surface area contributed by atoms with Crippen LogP contribution in [0.1, 0.15) is 26.7 Å². The predicted molar refractivity (Wildman–Crippen MR) is 80.2 cm³/mol. The third kappa shape index (κ3) is 3.67. The van der Waals surface area contributed by atoms with Crippen LogP contribution in [0.15, 0.2) is 0 Å². The summed E-state index contributed by atoms with van der Waals surface area (Å²) in [6.07, 6.45) is 0.932. The summed E-state index contributed by atoms with van der Waals surface area (Å²) in [6, 6.07) is 0. The van der Waals surface area contributed by atoms with Gasteiger partial charge >= 0.3 is 0 Å². The summed E-state index contributed by atoms with van der Waals surface area (Å²) in [5.74, 6) is -0.373. The Kier molecular flexibility index (Phi) is 6.35. The summed E-state index contributed by atoms with van der Waals surface area (Å²) < 4.78 is 5.25. The highest BCUT2D eigenvalue weighted by molar-refractivity contribution is 7.80. The van der Waals surface area contributed by atoms with Crippen LogP contribution in [-0.2, 0) is 14.3 Å². The third-order valence-corrected chi connectivity index (χ3v) is 4.16. The van der Waals surface area contributed by atoms with E-state index < -0.39 is 5.41 Å². The summed E-state index contributed by atoms with van der Waals surface area (Å²) in [5, 5.41) is 2.67. The second-order valence-electron chi connectivity index (χ2n) is 4.81. The van der Waals surface area contributed by atoms with Crippen molar-refractivity contribution in [1.82, 2.24) is 10.2 Å². The van der Waals surface area contributed by atoms with Crippen molar-refractivity contribution in [2.24, 2.45) is 11.1 Å². The van der Waals surface area contributed by atoms with Gasteiger partial charge < -0.3 is 20.7 Å². The van der Waals surface area contributed by atoms with Crippen molar-refractivity contribution < 1.29 is 14.3 Å². The van der Waals surface area contributed by atoms with Crippen LogP contribution in [0.5, 0.6) is 0 Å². The van der Waals surface area contributed by atoms with Crippen molar-refractivity contribution in [3.63, 3.8) is 0 Å². The van der Waals surface area contributed by atoms with E-state index in [4.69, 9.17) is 22.7 Å². The molecule has 114 valence electrons. The summed E-state index contributed by atoms with van der Waals surface area (Å²) in [7, 11) is 0. The number of nitrogens with zero attached hydrogens (tertiary/aromatic N) is 1. The van der Waals surface area contributed by atoms with E-state index in [9.17, 15) is 9.59 Å². The molecule has 1 saturated heterocycles. The fourth-order valence-corrected chi connectivity index (χ4v) is 2.62. The SMILES string of the molecule is CCN(CC)C(=O)CNC(=O)C1(C(N)=S)CCOCC1. The normalized spacial score (nSPS) is 17.3. The van der Waals surface area contributed by atoms with Crippen LogP contribution in [-0.4, -0.2) is 54.6 Å². The predicted octanol–water partition coefficient (Wildman–Crippen LogP) is 0.0539. The quantitative estimate of drug-likeness (QED) is 0.677. The Morgan fingerprint density at radius 1 is 1.30 bits per heavy atom. The first-order valence-electron chi connectivity index (χ1n) is 6.91. The molecule has 1 aliphatic rings. The van der Waals surface area contributed by atoms with Gasteiger partial charge in [-0.1, -0.05) is 12.2 Å². The number of thiocarbonyl (C=S) groups is 1. The minimum atomic E-state index is -0.878. The van der Waals surface area contributed by atoms with E-state index in [1.54, 1.807) is 4.90 Å². The maximum atomic E-state index is 12.4.